The van der Waals surface area contributed by atoms with Crippen molar-refractivity contribution < 1.29 is 5.11 Å². The second kappa shape index (κ2) is 1.92. The summed E-state index contributed by atoms with van der Waals surface area (Å²) < 4.78 is 2.88. The van der Waals surface area contributed by atoms with E-state index in [9.17, 15) is 0 Å². The van der Waals surface area contributed by atoms with E-state index < -0.39 is 0 Å². The molecule has 2 aromatic heterocycles. The van der Waals surface area contributed by atoms with Crippen molar-refractivity contribution in [1.29, 1.82) is 0 Å². The fourth-order valence-corrected chi connectivity index (χ4v) is 1.99. The molecule has 0 fully saturated rings. The van der Waals surface area contributed by atoms with Crippen molar-refractivity contribution in [2.45, 2.75) is 0 Å². The lowest BCUT2D eigenvalue weighted by Crippen LogP contribution is -1.93. The summed E-state index contributed by atoms with van der Waals surface area (Å²) in [5, 5.41) is 9.46. The molecule has 0 aliphatic rings. The molecule has 0 aromatic carbocycles. The Balaban J connectivity index is 2.88. The van der Waals surface area contributed by atoms with Gasteiger partial charge in [-0.15, -0.1) is 0 Å². The highest BCUT2D eigenvalue weighted by atomic mass is 32.1. The summed E-state index contributed by atoms with van der Waals surface area (Å²) in [7, 11) is 1.88. The molecular formula is C7H8N2OS. The Morgan fingerprint density at radius 3 is 2.91 bits per heavy atom. The van der Waals surface area contributed by atoms with Crippen molar-refractivity contribution in [1.82, 2.24) is 4.57 Å². The van der Waals surface area contributed by atoms with Crippen LogP contribution < -0.4 is 5.73 Å². The number of aromatic hydroxyl groups is 1. The number of aromatic nitrogens is 1. The van der Waals surface area contributed by atoms with Gasteiger partial charge in [-0.05, 0) is 6.07 Å². The first kappa shape index (κ1) is 6.54. The number of fused-ring (bicyclic) bond motifs is 1. The van der Waals surface area contributed by atoms with Gasteiger partial charge in [0.05, 0.1) is 10.2 Å². The van der Waals surface area contributed by atoms with Gasteiger partial charge in [-0.1, -0.05) is 11.3 Å². The third kappa shape index (κ3) is 0.793. The SMILES string of the molecule is Cn1c(N)cc2sc(O)cc21. The highest BCUT2D eigenvalue weighted by Crippen LogP contribution is 2.33. The molecule has 11 heavy (non-hydrogen) atoms. The number of hydrogen-bond donors (Lipinski definition) is 2. The first-order chi connectivity index (χ1) is 5.18. The Kier molecular flexibility index (Phi) is 1.14. The Hall–Kier alpha value is -1.16. The molecule has 4 heteroatoms. The molecule has 0 spiro atoms. The molecule has 0 amide bonds. The summed E-state index contributed by atoms with van der Waals surface area (Å²) in [5.74, 6) is 0.728. The minimum absolute atomic E-state index is 0.339. The van der Waals surface area contributed by atoms with Crippen LogP contribution in [0.2, 0.25) is 0 Å². The lowest BCUT2D eigenvalue weighted by molar-refractivity contribution is 0.491. The molecule has 2 rings (SSSR count). The van der Waals surface area contributed by atoms with Gasteiger partial charge < -0.3 is 15.4 Å². The molecule has 3 nitrogen and oxygen atoms in total. The summed E-state index contributed by atoms with van der Waals surface area (Å²) in [6.45, 7) is 0. The molecule has 2 heterocycles. The van der Waals surface area contributed by atoms with Crippen molar-refractivity contribution in [2.24, 2.45) is 7.05 Å². The Morgan fingerprint density at radius 2 is 2.27 bits per heavy atom. The first-order valence-electron chi connectivity index (χ1n) is 3.22. The zero-order valence-corrected chi connectivity index (χ0v) is 6.85. The molecule has 58 valence electrons. The van der Waals surface area contributed by atoms with Gasteiger partial charge in [-0.2, -0.15) is 0 Å². The molecule has 0 saturated carbocycles. The van der Waals surface area contributed by atoms with E-state index in [2.05, 4.69) is 0 Å². The molecule has 0 radical (unpaired) electrons. The van der Waals surface area contributed by atoms with Crippen LogP contribution in [0, 0.1) is 0 Å². The Labute approximate surface area is 67.7 Å². The highest BCUT2D eigenvalue weighted by Gasteiger charge is 2.05. The van der Waals surface area contributed by atoms with Crippen LogP contribution in [-0.2, 0) is 7.05 Å². The molecule has 0 bridgehead atoms. The largest absolute Gasteiger partial charge is 0.499 e. The van der Waals surface area contributed by atoms with Crippen LogP contribution in [0.15, 0.2) is 12.1 Å². The summed E-state index contributed by atoms with van der Waals surface area (Å²) in [6, 6.07) is 3.58. The van der Waals surface area contributed by atoms with Crippen molar-refractivity contribution in [3.63, 3.8) is 0 Å². The van der Waals surface area contributed by atoms with Crippen LogP contribution in [0.25, 0.3) is 10.2 Å². The van der Waals surface area contributed by atoms with Gasteiger partial charge in [-0.25, -0.2) is 0 Å². The lowest BCUT2D eigenvalue weighted by Gasteiger charge is -1.93. The molecule has 0 atom stereocenters. The quantitative estimate of drug-likeness (QED) is 0.626. The average Bonchev–Trinajstić information content (AvgIpc) is 2.37. The Bertz CT molecular complexity index is 402. The topological polar surface area (TPSA) is 51.2 Å². The van der Waals surface area contributed by atoms with Crippen molar-refractivity contribution in [3.8, 4) is 5.06 Å². The summed E-state index contributed by atoms with van der Waals surface area (Å²) >= 11 is 1.34. The van der Waals surface area contributed by atoms with E-state index in [0.717, 1.165) is 16.0 Å². The number of hydrogen-bond acceptors (Lipinski definition) is 3. The standard InChI is InChI=1S/C7H8N2OS/c1-9-4-2-7(10)11-5(4)3-6(9)8/h2-3,10H,8H2,1H3. The van der Waals surface area contributed by atoms with Crippen LogP contribution >= 0.6 is 11.3 Å². The fourth-order valence-electron chi connectivity index (χ4n) is 1.12. The summed E-state index contributed by atoms with van der Waals surface area (Å²) in [4.78, 5) is 0. The molecule has 0 aliphatic carbocycles. The lowest BCUT2D eigenvalue weighted by atomic mass is 10.5. The third-order valence-electron chi connectivity index (χ3n) is 1.75. The van der Waals surface area contributed by atoms with Gasteiger partial charge in [0.2, 0.25) is 0 Å². The molecule has 0 aliphatic heterocycles. The zero-order chi connectivity index (χ0) is 8.01. The average molecular weight is 168 g/mol. The number of nitrogens with zero attached hydrogens (tertiary/aromatic N) is 1. The number of rotatable bonds is 0. The van der Waals surface area contributed by atoms with Crippen molar-refractivity contribution in [2.75, 3.05) is 5.73 Å². The van der Waals surface area contributed by atoms with Gasteiger partial charge in [0.15, 0.2) is 5.06 Å². The minimum atomic E-state index is 0.339. The fraction of sp³-hybridized carbons (Fsp3) is 0.143. The normalized spacial score (nSPS) is 11.0. The maximum atomic E-state index is 9.12. The van der Waals surface area contributed by atoms with E-state index in [-0.39, 0.29) is 0 Å². The van der Waals surface area contributed by atoms with Gasteiger partial charge in [0.25, 0.3) is 0 Å². The number of thiophene rings is 1. The third-order valence-corrected chi connectivity index (χ3v) is 2.63. The minimum Gasteiger partial charge on any atom is -0.499 e. The Morgan fingerprint density at radius 1 is 1.55 bits per heavy atom. The zero-order valence-electron chi connectivity index (χ0n) is 6.03. The second-order valence-electron chi connectivity index (χ2n) is 2.46. The van der Waals surface area contributed by atoms with E-state index in [1.165, 1.54) is 11.3 Å². The predicted molar refractivity (Wildman–Crippen MR) is 46.9 cm³/mol. The van der Waals surface area contributed by atoms with Gasteiger partial charge in [0.1, 0.15) is 5.82 Å². The smallest absolute Gasteiger partial charge is 0.173 e. The number of nitrogens with two attached hydrogens (primary N) is 1. The molecule has 0 saturated heterocycles. The number of anilines is 1. The highest BCUT2D eigenvalue weighted by molar-refractivity contribution is 7.20. The van der Waals surface area contributed by atoms with Crippen LogP contribution in [0.4, 0.5) is 5.82 Å². The van der Waals surface area contributed by atoms with E-state index in [0.29, 0.717) is 5.06 Å². The van der Waals surface area contributed by atoms with Crippen LogP contribution in [0.3, 0.4) is 0 Å². The number of nitrogen functional groups attached to an aromatic ring is 1. The van der Waals surface area contributed by atoms with Crippen molar-refractivity contribution >= 4 is 27.4 Å². The van der Waals surface area contributed by atoms with Crippen LogP contribution in [0.1, 0.15) is 0 Å². The summed E-state index contributed by atoms with van der Waals surface area (Å²) in [5.41, 5.74) is 6.63. The van der Waals surface area contributed by atoms with Crippen LogP contribution in [-0.4, -0.2) is 9.67 Å². The van der Waals surface area contributed by atoms with Gasteiger partial charge in [-0.3, -0.25) is 0 Å². The van der Waals surface area contributed by atoms with E-state index in [4.69, 9.17) is 10.8 Å². The van der Waals surface area contributed by atoms with Gasteiger partial charge in [0, 0.05) is 13.1 Å². The molecule has 2 aromatic rings. The second-order valence-corrected chi connectivity index (χ2v) is 3.52. The maximum Gasteiger partial charge on any atom is 0.173 e. The van der Waals surface area contributed by atoms with E-state index in [1.807, 2.05) is 17.7 Å². The summed E-state index contributed by atoms with van der Waals surface area (Å²) in [6.07, 6.45) is 0. The predicted octanol–water partition coefficient (Wildman–Crippen LogP) is 1.53. The van der Waals surface area contributed by atoms with Crippen LogP contribution in [0.5, 0.6) is 5.06 Å². The molecular weight excluding hydrogens is 160 g/mol. The first-order valence-corrected chi connectivity index (χ1v) is 4.04. The van der Waals surface area contributed by atoms with E-state index in [1.54, 1.807) is 6.07 Å². The maximum absolute atomic E-state index is 9.12. The number of aryl methyl sites for hydroxylation is 1. The molecule has 0 unspecified atom stereocenters. The monoisotopic (exact) mass is 168 g/mol. The van der Waals surface area contributed by atoms with Crippen molar-refractivity contribution in [3.05, 3.63) is 12.1 Å². The molecule has 3 N–H and O–H groups in total. The van der Waals surface area contributed by atoms with Gasteiger partial charge >= 0.3 is 0 Å². The van der Waals surface area contributed by atoms with E-state index >= 15 is 0 Å².